The van der Waals surface area contributed by atoms with Crippen molar-refractivity contribution in [2.24, 2.45) is 0 Å². The van der Waals surface area contributed by atoms with Gasteiger partial charge in [-0.15, -0.1) is 0 Å². The zero-order valence-electron chi connectivity index (χ0n) is 9.30. The monoisotopic (exact) mass is 253 g/mol. The summed E-state index contributed by atoms with van der Waals surface area (Å²) in [6.45, 7) is 0. The van der Waals surface area contributed by atoms with E-state index in [1.54, 1.807) is 0 Å². The van der Waals surface area contributed by atoms with E-state index >= 15 is 0 Å². The molecule has 5 heteroatoms. The lowest BCUT2D eigenvalue weighted by atomic mass is 10.1. The molecule has 1 aromatic carbocycles. The molecule has 0 aliphatic rings. The van der Waals surface area contributed by atoms with Crippen molar-refractivity contribution in [3.63, 3.8) is 0 Å². The Balaban J connectivity index is 2.37. The first-order chi connectivity index (χ1) is 8.13. The highest BCUT2D eigenvalue weighted by atomic mass is 32.1. The number of carbonyl (C=O) groups is 2. The molecule has 0 fully saturated rings. The molecule has 2 N–H and O–H groups in total. The van der Waals surface area contributed by atoms with E-state index in [1.807, 2.05) is 30.3 Å². The summed E-state index contributed by atoms with van der Waals surface area (Å²) in [5.74, 6) is -1.24. The van der Waals surface area contributed by atoms with Crippen LogP contribution in [-0.4, -0.2) is 28.8 Å². The van der Waals surface area contributed by atoms with Gasteiger partial charge in [-0.25, -0.2) is 4.79 Å². The maximum absolute atomic E-state index is 11.5. The van der Waals surface area contributed by atoms with Crippen molar-refractivity contribution in [3.8, 4) is 0 Å². The minimum atomic E-state index is -1.06. The summed E-state index contributed by atoms with van der Waals surface area (Å²) in [6, 6.07) is 8.66. The van der Waals surface area contributed by atoms with E-state index in [0.29, 0.717) is 6.42 Å². The largest absolute Gasteiger partial charge is 0.480 e. The molecule has 0 aliphatic carbocycles. The number of amides is 1. The quantitative estimate of drug-likeness (QED) is 0.666. The van der Waals surface area contributed by atoms with E-state index < -0.39 is 12.0 Å². The van der Waals surface area contributed by atoms with Crippen LogP contribution in [0.1, 0.15) is 12.0 Å². The van der Waals surface area contributed by atoms with Crippen LogP contribution >= 0.6 is 12.6 Å². The van der Waals surface area contributed by atoms with Gasteiger partial charge in [-0.05, 0) is 12.0 Å². The second-order valence-electron chi connectivity index (χ2n) is 3.63. The normalized spacial score (nSPS) is 11.8. The van der Waals surface area contributed by atoms with Gasteiger partial charge in [0, 0.05) is 12.2 Å². The third-order valence-electron chi connectivity index (χ3n) is 2.30. The molecular weight excluding hydrogens is 238 g/mol. The van der Waals surface area contributed by atoms with Crippen molar-refractivity contribution < 1.29 is 14.7 Å². The number of aliphatic carboxylic acids is 1. The molecule has 0 saturated carbocycles. The van der Waals surface area contributed by atoms with Gasteiger partial charge in [-0.3, -0.25) is 4.79 Å². The molecule has 0 unspecified atom stereocenters. The van der Waals surface area contributed by atoms with Gasteiger partial charge < -0.3 is 10.4 Å². The lowest BCUT2D eigenvalue weighted by Gasteiger charge is -2.11. The molecule has 0 heterocycles. The van der Waals surface area contributed by atoms with E-state index in [-0.39, 0.29) is 18.1 Å². The average Bonchev–Trinajstić information content (AvgIpc) is 2.34. The van der Waals surface area contributed by atoms with E-state index in [9.17, 15) is 9.59 Å². The van der Waals surface area contributed by atoms with Crippen LogP contribution in [0.2, 0.25) is 0 Å². The molecule has 92 valence electrons. The Labute approximate surface area is 105 Å². The zero-order valence-corrected chi connectivity index (χ0v) is 10.2. The average molecular weight is 253 g/mol. The molecule has 0 radical (unpaired) electrons. The topological polar surface area (TPSA) is 66.4 Å². The van der Waals surface area contributed by atoms with Crippen LogP contribution in [-0.2, 0) is 16.0 Å². The maximum Gasteiger partial charge on any atom is 0.327 e. The minimum absolute atomic E-state index is 0.0897. The lowest BCUT2D eigenvalue weighted by Crippen LogP contribution is -2.42. The molecule has 0 saturated heterocycles. The molecule has 1 rings (SSSR count). The fraction of sp³-hybridized carbons (Fsp3) is 0.333. The molecule has 17 heavy (non-hydrogen) atoms. The number of aryl methyl sites for hydroxylation is 1. The van der Waals surface area contributed by atoms with Crippen molar-refractivity contribution in [2.45, 2.75) is 18.9 Å². The Morgan fingerprint density at radius 3 is 2.47 bits per heavy atom. The number of thiol groups is 1. The standard InChI is InChI=1S/C12H15NO3S/c14-11(13-10(8-17)12(15)16)7-6-9-4-2-1-3-5-9/h1-5,10,17H,6-8H2,(H,13,14)(H,15,16)/t10-/m1/s1. The van der Waals surface area contributed by atoms with Crippen LogP contribution in [0.4, 0.5) is 0 Å². The van der Waals surface area contributed by atoms with Crippen LogP contribution in [0.15, 0.2) is 30.3 Å². The highest BCUT2D eigenvalue weighted by molar-refractivity contribution is 7.80. The van der Waals surface area contributed by atoms with E-state index in [1.165, 1.54) is 0 Å². The summed E-state index contributed by atoms with van der Waals surface area (Å²) in [6.07, 6.45) is 0.882. The van der Waals surface area contributed by atoms with Crippen LogP contribution < -0.4 is 5.32 Å². The minimum Gasteiger partial charge on any atom is -0.480 e. The Morgan fingerprint density at radius 2 is 1.94 bits per heavy atom. The third kappa shape index (κ3) is 4.91. The summed E-state index contributed by atoms with van der Waals surface area (Å²) in [7, 11) is 0. The summed E-state index contributed by atoms with van der Waals surface area (Å²) in [5.41, 5.74) is 1.06. The molecule has 1 atom stereocenters. The van der Waals surface area contributed by atoms with Gasteiger partial charge in [-0.1, -0.05) is 30.3 Å². The number of nitrogens with one attached hydrogen (secondary N) is 1. The smallest absolute Gasteiger partial charge is 0.327 e. The molecule has 1 aromatic rings. The molecule has 0 bridgehead atoms. The number of hydrogen-bond donors (Lipinski definition) is 3. The predicted octanol–water partition coefficient (Wildman–Crippen LogP) is 1.12. The van der Waals surface area contributed by atoms with Crippen molar-refractivity contribution in [3.05, 3.63) is 35.9 Å². The highest BCUT2D eigenvalue weighted by Gasteiger charge is 2.17. The van der Waals surface area contributed by atoms with Gasteiger partial charge in [0.05, 0.1) is 0 Å². The van der Waals surface area contributed by atoms with Gasteiger partial charge in [0.1, 0.15) is 6.04 Å². The second kappa shape index (κ2) is 6.96. The van der Waals surface area contributed by atoms with Gasteiger partial charge in [0.15, 0.2) is 0 Å². The molecule has 1 amide bonds. The van der Waals surface area contributed by atoms with Crippen molar-refractivity contribution in [1.82, 2.24) is 5.32 Å². The van der Waals surface area contributed by atoms with Crippen LogP contribution in [0.3, 0.4) is 0 Å². The lowest BCUT2D eigenvalue weighted by molar-refractivity contribution is -0.141. The van der Waals surface area contributed by atoms with Crippen LogP contribution in [0.25, 0.3) is 0 Å². The van der Waals surface area contributed by atoms with E-state index in [2.05, 4.69) is 17.9 Å². The molecule has 0 aliphatic heterocycles. The summed E-state index contributed by atoms with van der Waals surface area (Å²) >= 11 is 3.87. The first-order valence-corrected chi connectivity index (χ1v) is 5.93. The van der Waals surface area contributed by atoms with Gasteiger partial charge >= 0.3 is 5.97 Å². The number of hydrogen-bond acceptors (Lipinski definition) is 3. The molecule has 4 nitrogen and oxygen atoms in total. The fourth-order valence-electron chi connectivity index (χ4n) is 1.35. The number of carbonyl (C=O) groups excluding carboxylic acids is 1. The summed E-state index contributed by atoms with van der Waals surface area (Å²) < 4.78 is 0. The van der Waals surface area contributed by atoms with Crippen molar-refractivity contribution in [2.75, 3.05) is 5.75 Å². The Hall–Kier alpha value is -1.49. The summed E-state index contributed by atoms with van der Waals surface area (Å²) in [4.78, 5) is 22.2. The summed E-state index contributed by atoms with van der Waals surface area (Å²) in [5, 5.41) is 11.2. The zero-order chi connectivity index (χ0) is 12.7. The Bertz CT molecular complexity index is 381. The van der Waals surface area contributed by atoms with Gasteiger partial charge in [0.2, 0.25) is 5.91 Å². The maximum atomic E-state index is 11.5. The number of carboxylic acid groups (broad SMARTS) is 1. The van der Waals surface area contributed by atoms with E-state index in [4.69, 9.17) is 5.11 Å². The SMILES string of the molecule is O=C(CCc1ccccc1)N[C@H](CS)C(=O)O. The van der Waals surface area contributed by atoms with Crippen molar-refractivity contribution >= 4 is 24.5 Å². The van der Waals surface area contributed by atoms with Crippen LogP contribution in [0, 0.1) is 0 Å². The van der Waals surface area contributed by atoms with Gasteiger partial charge in [-0.2, -0.15) is 12.6 Å². The second-order valence-corrected chi connectivity index (χ2v) is 3.99. The fourth-order valence-corrected chi connectivity index (χ4v) is 1.60. The van der Waals surface area contributed by atoms with Gasteiger partial charge in [0.25, 0.3) is 0 Å². The number of rotatable bonds is 6. The van der Waals surface area contributed by atoms with Crippen molar-refractivity contribution in [1.29, 1.82) is 0 Å². The molecular formula is C12H15NO3S. The van der Waals surface area contributed by atoms with E-state index in [0.717, 1.165) is 5.56 Å². The number of benzene rings is 1. The molecule has 0 aromatic heterocycles. The first-order valence-electron chi connectivity index (χ1n) is 5.30. The highest BCUT2D eigenvalue weighted by Crippen LogP contribution is 2.02. The number of carboxylic acids is 1. The third-order valence-corrected chi connectivity index (χ3v) is 2.66. The first kappa shape index (κ1) is 13.6. The Morgan fingerprint density at radius 1 is 1.29 bits per heavy atom. The Kier molecular flexibility index (Phi) is 5.56. The van der Waals surface area contributed by atoms with Crippen LogP contribution in [0.5, 0.6) is 0 Å². The predicted molar refractivity (Wildman–Crippen MR) is 68.2 cm³/mol. The molecule has 0 spiro atoms.